The van der Waals surface area contributed by atoms with Crippen LogP contribution in [0.3, 0.4) is 0 Å². The number of likely N-dealkylation sites (tertiary alicyclic amines) is 1. The fourth-order valence-corrected chi connectivity index (χ4v) is 1.72. The Morgan fingerprint density at radius 3 is 2.83 bits per heavy atom. The minimum Gasteiger partial charge on any atom is -0.395 e. The normalized spacial score (nSPS) is 25.5. The summed E-state index contributed by atoms with van der Waals surface area (Å²) in [5, 5.41) is 9.05. The first-order chi connectivity index (χ1) is 5.74. The molecular weight excluding hydrogens is 152 g/mol. The van der Waals surface area contributed by atoms with E-state index in [1.54, 1.807) is 0 Å². The zero-order valence-electron chi connectivity index (χ0n) is 8.16. The second-order valence-electron chi connectivity index (χ2n) is 3.82. The molecule has 1 saturated heterocycles. The molecule has 1 rings (SSSR count). The summed E-state index contributed by atoms with van der Waals surface area (Å²) in [6, 6.07) is 0.435. The maximum Gasteiger partial charge on any atom is 0.0586 e. The second-order valence-corrected chi connectivity index (χ2v) is 3.82. The molecule has 0 unspecified atom stereocenters. The number of aliphatic hydroxyl groups is 1. The predicted octanol–water partition coefficient (Wildman–Crippen LogP) is 0.00470. The van der Waals surface area contributed by atoms with Crippen molar-refractivity contribution in [2.45, 2.75) is 18.9 Å². The fraction of sp³-hybridized carbons (Fsp3) is 1.00. The summed E-state index contributed by atoms with van der Waals surface area (Å²) in [6.45, 7) is 3.68. The highest BCUT2D eigenvalue weighted by atomic mass is 16.3. The van der Waals surface area contributed by atoms with E-state index in [0.29, 0.717) is 12.6 Å². The van der Waals surface area contributed by atoms with Crippen molar-refractivity contribution in [2.24, 2.45) is 0 Å². The lowest BCUT2D eigenvalue weighted by Gasteiger charge is -2.24. The molecule has 0 aliphatic carbocycles. The van der Waals surface area contributed by atoms with Crippen LogP contribution in [0.2, 0.25) is 0 Å². The van der Waals surface area contributed by atoms with Gasteiger partial charge in [0.15, 0.2) is 0 Å². The van der Waals surface area contributed by atoms with Crippen molar-refractivity contribution in [3.05, 3.63) is 0 Å². The molecule has 0 bridgehead atoms. The van der Waals surface area contributed by atoms with Gasteiger partial charge in [-0.1, -0.05) is 0 Å². The molecule has 0 radical (unpaired) electrons. The summed E-state index contributed by atoms with van der Waals surface area (Å²) in [7, 11) is 4.17. The van der Waals surface area contributed by atoms with Crippen LogP contribution < -0.4 is 0 Å². The Balaban J connectivity index is 2.21. The standard InChI is InChI=1S/C9H20N2O/c1-10(2)6-7-11-5-3-4-9(11)8-12/h9,12H,3-8H2,1-2H3/t9-/m0/s1. The Hall–Kier alpha value is -0.120. The van der Waals surface area contributed by atoms with Gasteiger partial charge in [-0.3, -0.25) is 4.90 Å². The van der Waals surface area contributed by atoms with Crippen LogP contribution in [-0.4, -0.2) is 61.3 Å². The van der Waals surface area contributed by atoms with Crippen LogP contribution in [-0.2, 0) is 0 Å². The van der Waals surface area contributed by atoms with Gasteiger partial charge in [-0.2, -0.15) is 0 Å². The molecule has 0 saturated carbocycles. The number of hydrogen-bond donors (Lipinski definition) is 1. The topological polar surface area (TPSA) is 26.7 Å². The monoisotopic (exact) mass is 172 g/mol. The van der Waals surface area contributed by atoms with Gasteiger partial charge in [-0.15, -0.1) is 0 Å². The third-order valence-corrected chi connectivity index (χ3v) is 2.54. The van der Waals surface area contributed by atoms with E-state index in [1.165, 1.54) is 19.4 Å². The Kier molecular flexibility index (Phi) is 3.98. The van der Waals surface area contributed by atoms with E-state index in [1.807, 2.05) is 0 Å². The van der Waals surface area contributed by atoms with Gasteiger partial charge in [0.05, 0.1) is 6.61 Å². The van der Waals surface area contributed by atoms with Crippen molar-refractivity contribution in [3.63, 3.8) is 0 Å². The van der Waals surface area contributed by atoms with Crippen LogP contribution in [0.4, 0.5) is 0 Å². The van der Waals surface area contributed by atoms with Crippen LogP contribution >= 0.6 is 0 Å². The van der Waals surface area contributed by atoms with Crippen LogP contribution in [0.15, 0.2) is 0 Å². The van der Waals surface area contributed by atoms with Crippen molar-refractivity contribution >= 4 is 0 Å². The Morgan fingerprint density at radius 2 is 2.25 bits per heavy atom. The summed E-state index contributed by atoms with van der Waals surface area (Å²) in [5.41, 5.74) is 0. The van der Waals surface area contributed by atoms with E-state index in [9.17, 15) is 0 Å². The van der Waals surface area contributed by atoms with Gasteiger partial charge in [-0.05, 0) is 33.5 Å². The Morgan fingerprint density at radius 1 is 1.50 bits per heavy atom. The maximum atomic E-state index is 9.05. The molecule has 0 amide bonds. The Labute approximate surface area is 75.0 Å². The molecule has 72 valence electrons. The van der Waals surface area contributed by atoms with E-state index in [-0.39, 0.29) is 0 Å². The smallest absolute Gasteiger partial charge is 0.0586 e. The molecule has 1 aliphatic rings. The van der Waals surface area contributed by atoms with Crippen molar-refractivity contribution in [2.75, 3.05) is 40.3 Å². The van der Waals surface area contributed by atoms with E-state index in [2.05, 4.69) is 23.9 Å². The highest BCUT2D eigenvalue weighted by Crippen LogP contribution is 2.15. The van der Waals surface area contributed by atoms with Crippen molar-refractivity contribution in [1.29, 1.82) is 0 Å². The molecule has 12 heavy (non-hydrogen) atoms. The average Bonchev–Trinajstić information content (AvgIpc) is 2.47. The van der Waals surface area contributed by atoms with E-state index in [4.69, 9.17) is 5.11 Å². The number of likely N-dealkylation sites (N-methyl/N-ethyl adjacent to an activating group) is 1. The third kappa shape index (κ3) is 2.73. The lowest BCUT2D eigenvalue weighted by Crippen LogP contribution is -2.37. The van der Waals surface area contributed by atoms with Gasteiger partial charge in [0.25, 0.3) is 0 Å². The minimum atomic E-state index is 0.327. The molecule has 3 heteroatoms. The second kappa shape index (κ2) is 4.80. The van der Waals surface area contributed by atoms with E-state index < -0.39 is 0 Å². The molecule has 1 atom stereocenters. The SMILES string of the molecule is CN(C)CCN1CCC[C@H]1CO. The first-order valence-electron chi connectivity index (χ1n) is 4.73. The van der Waals surface area contributed by atoms with E-state index in [0.717, 1.165) is 13.1 Å². The zero-order valence-corrected chi connectivity index (χ0v) is 8.16. The lowest BCUT2D eigenvalue weighted by atomic mass is 10.2. The fourth-order valence-electron chi connectivity index (χ4n) is 1.72. The summed E-state index contributed by atoms with van der Waals surface area (Å²) in [5.74, 6) is 0. The number of hydrogen-bond acceptors (Lipinski definition) is 3. The van der Waals surface area contributed by atoms with Gasteiger partial charge in [0.2, 0.25) is 0 Å². The van der Waals surface area contributed by atoms with Gasteiger partial charge in [0.1, 0.15) is 0 Å². The van der Waals surface area contributed by atoms with Crippen LogP contribution in [0, 0.1) is 0 Å². The van der Waals surface area contributed by atoms with Crippen LogP contribution in [0.5, 0.6) is 0 Å². The zero-order chi connectivity index (χ0) is 8.97. The molecular formula is C9H20N2O. The van der Waals surface area contributed by atoms with Crippen molar-refractivity contribution in [3.8, 4) is 0 Å². The molecule has 0 aromatic carbocycles. The highest BCUT2D eigenvalue weighted by molar-refractivity contribution is 4.78. The molecule has 0 spiro atoms. The molecule has 1 fully saturated rings. The van der Waals surface area contributed by atoms with Gasteiger partial charge < -0.3 is 10.0 Å². The number of rotatable bonds is 4. The largest absolute Gasteiger partial charge is 0.395 e. The van der Waals surface area contributed by atoms with Gasteiger partial charge in [0, 0.05) is 19.1 Å². The van der Waals surface area contributed by atoms with Gasteiger partial charge >= 0.3 is 0 Å². The first kappa shape index (κ1) is 9.96. The Bertz CT molecular complexity index is 128. The minimum absolute atomic E-state index is 0.327. The molecule has 0 aromatic rings. The first-order valence-corrected chi connectivity index (χ1v) is 4.73. The summed E-state index contributed by atoms with van der Waals surface area (Å²) in [4.78, 5) is 4.58. The molecule has 1 aliphatic heterocycles. The number of aliphatic hydroxyl groups excluding tert-OH is 1. The quantitative estimate of drug-likeness (QED) is 0.647. The molecule has 3 nitrogen and oxygen atoms in total. The summed E-state index contributed by atoms with van der Waals surface area (Å²) in [6.07, 6.45) is 2.42. The van der Waals surface area contributed by atoms with Crippen molar-refractivity contribution in [1.82, 2.24) is 9.80 Å². The third-order valence-electron chi connectivity index (χ3n) is 2.54. The van der Waals surface area contributed by atoms with Crippen molar-refractivity contribution < 1.29 is 5.11 Å². The average molecular weight is 172 g/mol. The predicted molar refractivity (Wildman–Crippen MR) is 50.2 cm³/mol. The summed E-state index contributed by atoms with van der Waals surface area (Å²) < 4.78 is 0. The van der Waals surface area contributed by atoms with Crippen LogP contribution in [0.25, 0.3) is 0 Å². The lowest BCUT2D eigenvalue weighted by molar-refractivity contribution is 0.150. The molecule has 1 N–H and O–H groups in total. The molecule has 1 heterocycles. The van der Waals surface area contributed by atoms with E-state index >= 15 is 0 Å². The number of nitrogens with zero attached hydrogens (tertiary/aromatic N) is 2. The summed E-state index contributed by atoms with van der Waals surface area (Å²) >= 11 is 0. The van der Waals surface area contributed by atoms with Crippen LogP contribution in [0.1, 0.15) is 12.8 Å². The molecule has 0 aromatic heterocycles. The maximum absolute atomic E-state index is 9.05. The van der Waals surface area contributed by atoms with Gasteiger partial charge in [-0.25, -0.2) is 0 Å². The highest BCUT2D eigenvalue weighted by Gasteiger charge is 2.22.